The molecular weight excluding hydrogens is 335 g/mol. The van der Waals surface area contributed by atoms with E-state index in [1.54, 1.807) is 24.4 Å². The number of hydrogen-bond acceptors (Lipinski definition) is 2. The average molecular weight is 342 g/mol. The Kier molecular flexibility index (Phi) is 3.01. The van der Waals surface area contributed by atoms with E-state index in [1.165, 1.54) is 10.6 Å². The Bertz CT molecular complexity index is 780. The van der Waals surface area contributed by atoms with Crippen LogP contribution in [0.4, 0.5) is 13.2 Å². The zero-order valence-corrected chi connectivity index (χ0v) is 11.5. The van der Waals surface area contributed by atoms with Crippen LogP contribution < -0.4 is 0 Å². The molecule has 3 aromatic rings. The Morgan fingerprint density at radius 3 is 2.65 bits per heavy atom. The molecule has 102 valence electrons. The van der Waals surface area contributed by atoms with Crippen LogP contribution in [-0.4, -0.2) is 14.8 Å². The summed E-state index contributed by atoms with van der Waals surface area (Å²) in [6.45, 7) is 0. The van der Waals surface area contributed by atoms with Gasteiger partial charge in [-0.25, -0.2) is 4.52 Å². The van der Waals surface area contributed by atoms with E-state index in [-0.39, 0.29) is 0 Å². The number of nitrogens with zero attached hydrogens (tertiary/aromatic N) is 3. The molecule has 0 unspecified atom stereocenters. The zero-order valence-electron chi connectivity index (χ0n) is 9.89. The lowest BCUT2D eigenvalue weighted by atomic mass is 10.1. The summed E-state index contributed by atoms with van der Waals surface area (Å²) in [5.74, 6) is 0. The van der Waals surface area contributed by atoms with E-state index in [0.717, 1.165) is 16.6 Å². The molecule has 0 radical (unpaired) electrons. The third kappa shape index (κ3) is 2.29. The highest BCUT2D eigenvalue weighted by molar-refractivity contribution is 9.10. The Labute approximate surface area is 120 Å². The predicted octanol–water partition coefficient (Wildman–Crippen LogP) is 4.18. The van der Waals surface area contributed by atoms with Gasteiger partial charge in [0.05, 0.1) is 11.1 Å². The maximum atomic E-state index is 12.7. The van der Waals surface area contributed by atoms with E-state index in [0.29, 0.717) is 16.8 Å². The molecule has 0 saturated heterocycles. The van der Waals surface area contributed by atoms with E-state index in [4.69, 9.17) is 0 Å². The van der Waals surface area contributed by atoms with Gasteiger partial charge in [0.2, 0.25) is 0 Å². The van der Waals surface area contributed by atoms with Crippen molar-refractivity contribution in [1.29, 1.82) is 0 Å². The summed E-state index contributed by atoms with van der Waals surface area (Å²) in [5.41, 5.74) is 0.751. The Hall–Kier alpha value is -1.89. The van der Waals surface area contributed by atoms with Crippen LogP contribution in [0.1, 0.15) is 5.56 Å². The monoisotopic (exact) mass is 341 g/mol. The van der Waals surface area contributed by atoms with Crippen molar-refractivity contribution in [3.05, 3.63) is 52.6 Å². The SMILES string of the molecule is FC(F)(F)c1cccc(-c2nnn3cc(Br)ccc23)c1. The third-order valence-corrected chi connectivity index (χ3v) is 3.31. The first-order chi connectivity index (χ1) is 9.45. The van der Waals surface area contributed by atoms with E-state index < -0.39 is 11.7 Å². The number of benzene rings is 1. The van der Waals surface area contributed by atoms with Crippen molar-refractivity contribution in [3.8, 4) is 11.3 Å². The van der Waals surface area contributed by atoms with Gasteiger partial charge in [-0.2, -0.15) is 13.2 Å². The summed E-state index contributed by atoms with van der Waals surface area (Å²) in [5, 5.41) is 7.86. The van der Waals surface area contributed by atoms with Gasteiger partial charge < -0.3 is 0 Å². The molecule has 0 saturated carbocycles. The van der Waals surface area contributed by atoms with Gasteiger partial charge in [0.1, 0.15) is 5.69 Å². The van der Waals surface area contributed by atoms with Gasteiger partial charge in [-0.05, 0) is 40.2 Å². The first-order valence-electron chi connectivity index (χ1n) is 5.63. The second kappa shape index (κ2) is 4.59. The molecule has 0 aliphatic carbocycles. The van der Waals surface area contributed by atoms with Crippen LogP contribution in [0, 0.1) is 0 Å². The number of halogens is 4. The van der Waals surface area contributed by atoms with Crippen molar-refractivity contribution in [2.45, 2.75) is 6.18 Å². The molecule has 0 amide bonds. The number of aromatic nitrogens is 3. The molecule has 20 heavy (non-hydrogen) atoms. The molecule has 2 aromatic heterocycles. The molecule has 0 N–H and O–H groups in total. The second-order valence-corrected chi connectivity index (χ2v) is 5.11. The van der Waals surface area contributed by atoms with E-state index in [9.17, 15) is 13.2 Å². The van der Waals surface area contributed by atoms with Gasteiger partial charge in [-0.1, -0.05) is 17.3 Å². The smallest absolute Gasteiger partial charge is 0.219 e. The van der Waals surface area contributed by atoms with Crippen molar-refractivity contribution in [3.63, 3.8) is 0 Å². The van der Waals surface area contributed by atoms with Crippen molar-refractivity contribution < 1.29 is 13.2 Å². The van der Waals surface area contributed by atoms with Crippen LogP contribution in [0.15, 0.2) is 47.1 Å². The molecule has 3 rings (SSSR count). The highest BCUT2D eigenvalue weighted by Gasteiger charge is 2.30. The van der Waals surface area contributed by atoms with Crippen LogP contribution in [0.25, 0.3) is 16.8 Å². The maximum absolute atomic E-state index is 12.7. The summed E-state index contributed by atoms with van der Waals surface area (Å²) in [4.78, 5) is 0. The van der Waals surface area contributed by atoms with Crippen molar-refractivity contribution in [1.82, 2.24) is 14.8 Å². The van der Waals surface area contributed by atoms with E-state index >= 15 is 0 Å². The molecule has 0 bridgehead atoms. The molecular formula is C13H7BrF3N3. The topological polar surface area (TPSA) is 30.2 Å². The minimum atomic E-state index is -4.37. The molecule has 0 spiro atoms. The second-order valence-electron chi connectivity index (χ2n) is 4.19. The van der Waals surface area contributed by atoms with Gasteiger partial charge in [-0.15, -0.1) is 5.10 Å². The minimum absolute atomic E-state index is 0.386. The highest BCUT2D eigenvalue weighted by atomic mass is 79.9. The normalized spacial score (nSPS) is 12.0. The standard InChI is InChI=1S/C13H7BrF3N3/c14-10-4-5-11-12(18-19-20(11)7-10)8-2-1-3-9(6-8)13(15,16)17/h1-7H. The van der Waals surface area contributed by atoms with Crippen LogP contribution in [0.3, 0.4) is 0 Å². The zero-order chi connectivity index (χ0) is 14.3. The average Bonchev–Trinajstić information content (AvgIpc) is 2.80. The van der Waals surface area contributed by atoms with Crippen LogP contribution in [0.2, 0.25) is 0 Å². The maximum Gasteiger partial charge on any atom is 0.416 e. The first-order valence-corrected chi connectivity index (χ1v) is 6.43. The molecule has 2 heterocycles. The molecule has 7 heteroatoms. The number of pyridine rings is 1. The van der Waals surface area contributed by atoms with Crippen LogP contribution >= 0.6 is 15.9 Å². The van der Waals surface area contributed by atoms with Crippen LogP contribution in [-0.2, 0) is 6.18 Å². The van der Waals surface area contributed by atoms with E-state index in [2.05, 4.69) is 26.2 Å². The van der Waals surface area contributed by atoms with Crippen molar-refractivity contribution >= 4 is 21.4 Å². The number of fused-ring (bicyclic) bond motifs is 1. The van der Waals surface area contributed by atoms with E-state index in [1.807, 2.05) is 0 Å². The summed E-state index contributed by atoms with van der Waals surface area (Å²) in [7, 11) is 0. The summed E-state index contributed by atoms with van der Waals surface area (Å²) in [6.07, 6.45) is -2.68. The van der Waals surface area contributed by atoms with Gasteiger partial charge in [0.15, 0.2) is 0 Å². The summed E-state index contributed by atoms with van der Waals surface area (Å²) >= 11 is 3.30. The van der Waals surface area contributed by atoms with Gasteiger partial charge >= 0.3 is 6.18 Å². The lowest BCUT2D eigenvalue weighted by molar-refractivity contribution is -0.137. The first kappa shape index (κ1) is 13.1. The number of hydrogen-bond donors (Lipinski definition) is 0. The molecule has 3 nitrogen and oxygen atoms in total. The number of alkyl halides is 3. The largest absolute Gasteiger partial charge is 0.416 e. The lowest BCUT2D eigenvalue weighted by Crippen LogP contribution is -2.04. The van der Waals surface area contributed by atoms with Crippen molar-refractivity contribution in [2.75, 3.05) is 0 Å². The van der Waals surface area contributed by atoms with Crippen LogP contribution in [0.5, 0.6) is 0 Å². The Morgan fingerprint density at radius 2 is 1.90 bits per heavy atom. The molecule has 0 aliphatic heterocycles. The fourth-order valence-corrected chi connectivity index (χ4v) is 2.24. The highest BCUT2D eigenvalue weighted by Crippen LogP contribution is 2.32. The summed E-state index contributed by atoms with van der Waals surface area (Å²) < 4.78 is 40.5. The third-order valence-electron chi connectivity index (χ3n) is 2.84. The lowest BCUT2D eigenvalue weighted by Gasteiger charge is -2.07. The Balaban J connectivity index is 2.16. The number of rotatable bonds is 1. The van der Waals surface area contributed by atoms with Crippen molar-refractivity contribution in [2.24, 2.45) is 0 Å². The van der Waals surface area contributed by atoms with Gasteiger partial charge in [-0.3, -0.25) is 0 Å². The predicted molar refractivity (Wildman–Crippen MR) is 71.1 cm³/mol. The Morgan fingerprint density at radius 1 is 1.10 bits per heavy atom. The molecule has 1 aromatic carbocycles. The van der Waals surface area contributed by atoms with Gasteiger partial charge in [0.25, 0.3) is 0 Å². The van der Waals surface area contributed by atoms with Gasteiger partial charge in [0, 0.05) is 16.2 Å². The summed E-state index contributed by atoms with van der Waals surface area (Å²) in [6, 6.07) is 8.59. The molecule has 0 atom stereocenters. The fourth-order valence-electron chi connectivity index (χ4n) is 1.92. The fraction of sp³-hybridized carbons (Fsp3) is 0.0769. The molecule has 0 fully saturated rings. The quantitative estimate of drug-likeness (QED) is 0.664. The molecule has 0 aliphatic rings. The minimum Gasteiger partial charge on any atom is -0.219 e.